The van der Waals surface area contributed by atoms with Gasteiger partial charge in [0.1, 0.15) is 0 Å². The molecule has 0 spiro atoms. The average molecular weight is 466 g/mol. The van der Waals surface area contributed by atoms with E-state index >= 15 is 0 Å². The molecule has 2 aromatic rings. The highest BCUT2D eigenvalue weighted by atomic mass is 127. The second-order valence-corrected chi connectivity index (χ2v) is 5.24. The molecule has 2 N–H and O–H groups in total. The molecule has 138 valence electrons. The Morgan fingerprint density at radius 2 is 1.72 bits per heavy atom. The van der Waals surface area contributed by atoms with Crippen LogP contribution in [0.4, 0.5) is 13.2 Å². The van der Waals surface area contributed by atoms with Crippen LogP contribution in [0.1, 0.15) is 18.1 Å². The normalized spacial score (nSPS) is 11.8. The van der Waals surface area contributed by atoms with Crippen LogP contribution in [0.15, 0.2) is 53.8 Å². The maximum atomic E-state index is 12.5. The Hall–Kier alpha value is -1.71. The van der Waals surface area contributed by atoms with Gasteiger partial charge < -0.3 is 15.2 Å². The fourth-order valence-corrected chi connectivity index (χ4v) is 2.13. The van der Waals surface area contributed by atoms with E-state index in [0.29, 0.717) is 25.6 Å². The number of aliphatic imine (C=N–C) groups is 1. The molecule has 0 atom stereocenters. The molecular weight excluding hydrogens is 444 g/mol. The van der Waals surface area contributed by atoms with Gasteiger partial charge >= 0.3 is 6.18 Å². The molecule has 4 nitrogen and oxygen atoms in total. The fourth-order valence-electron chi connectivity index (χ4n) is 2.13. The van der Waals surface area contributed by atoms with Crippen LogP contribution in [0.5, 0.6) is 0 Å². The maximum absolute atomic E-state index is 12.5. The van der Waals surface area contributed by atoms with E-state index in [4.69, 9.17) is 0 Å². The average Bonchev–Trinajstić information content (AvgIpc) is 3.05. The largest absolute Gasteiger partial charge is 0.416 e. The molecule has 25 heavy (non-hydrogen) atoms. The summed E-state index contributed by atoms with van der Waals surface area (Å²) >= 11 is 0. The number of nitrogens with one attached hydrogen (secondary N) is 2. The molecule has 0 radical (unpaired) electrons. The number of rotatable bonds is 6. The standard InChI is InChI=1S/C17H21F3N4.HI/c1-2-21-16(22-9-12-24-10-3-4-11-24)23-13-14-5-7-15(8-6-14)17(18,19)20;/h3-8,10-11H,2,9,12-13H2,1H3,(H2,21,22,23);1H. The van der Waals surface area contributed by atoms with Crippen molar-refractivity contribution in [3.63, 3.8) is 0 Å². The highest BCUT2D eigenvalue weighted by Gasteiger charge is 2.29. The second kappa shape index (κ2) is 10.3. The Labute approximate surface area is 162 Å². The number of benzene rings is 1. The van der Waals surface area contributed by atoms with Crippen molar-refractivity contribution in [3.05, 3.63) is 59.9 Å². The predicted octanol–water partition coefficient (Wildman–Crippen LogP) is 3.88. The van der Waals surface area contributed by atoms with Crippen LogP contribution in [0.3, 0.4) is 0 Å². The summed E-state index contributed by atoms with van der Waals surface area (Å²) in [6.07, 6.45) is -0.349. The predicted molar refractivity (Wildman–Crippen MR) is 104 cm³/mol. The van der Waals surface area contributed by atoms with Crippen molar-refractivity contribution in [1.29, 1.82) is 0 Å². The van der Waals surface area contributed by atoms with Crippen LogP contribution < -0.4 is 10.6 Å². The first-order chi connectivity index (χ1) is 11.5. The van der Waals surface area contributed by atoms with Crippen molar-refractivity contribution >= 4 is 29.9 Å². The molecule has 0 bridgehead atoms. The van der Waals surface area contributed by atoms with Gasteiger partial charge in [0.25, 0.3) is 0 Å². The highest BCUT2D eigenvalue weighted by Crippen LogP contribution is 2.29. The molecule has 0 saturated heterocycles. The molecule has 1 aromatic carbocycles. The van der Waals surface area contributed by atoms with Crippen molar-refractivity contribution in [2.75, 3.05) is 13.1 Å². The maximum Gasteiger partial charge on any atom is 0.416 e. The van der Waals surface area contributed by atoms with E-state index in [1.807, 2.05) is 36.0 Å². The summed E-state index contributed by atoms with van der Waals surface area (Å²) in [5.74, 6) is 0.643. The summed E-state index contributed by atoms with van der Waals surface area (Å²) in [6, 6.07) is 8.99. The monoisotopic (exact) mass is 466 g/mol. The molecule has 0 fully saturated rings. The molecule has 0 aliphatic heterocycles. The zero-order valence-electron chi connectivity index (χ0n) is 13.9. The highest BCUT2D eigenvalue weighted by molar-refractivity contribution is 14.0. The lowest BCUT2D eigenvalue weighted by Crippen LogP contribution is -2.38. The van der Waals surface area contributed by atoms with Gasteiger partial charge in [0, 0.05) is 32.0 Å². The lowest BCUT2D eigenvalue weighted by Gasteiger charge is -2.12. The summed E-state index contributed by atoms with van der Waals surface area (Å²) in [5, 5.41) is 6.32. The van der Waals surface area contributed by atoms with Gasteiger partial charge in [0.05, 0.1) is 12.1 Å². The SMILES string of the molecule is CCNC(=NCc1ccc(C(F)(F)F)cc1)NCCn1cccc1.I. The Morgan fingerprint density at radius 1 is 1.08 bits per heavy atom. The Morgan fingerprint density at radius 3 is 2.28 bits per heavy atom. The molecule has 1 heterocycles. The van der Waals surface area contributed by atoms with Crippen molar-refractivity contribution in [2.24, 2.45) is 4.99 Å². The van der Waals surface area contributed by atoms with Crippen LogP contribution in [0.25, 0.3) is 0 Å². The van der Waals surface area contributed by atoms with E-state index in [1.54, 1.807) is 0 Å². The van der Waals surface area contributed by atoms with Gasteiger partial charge in [-0.3, -0.25) is 0 Å². The third-order valence-electron chi connectivity index (χ3n) is 3.37. The van der Waals surface area contributed by atoms with Gasteiger partial charge in [-0.2, -0.15) is 13.2 Å². The van der Waals surface area contributed by atoms with Crippen LogP contribution in [0, 0.1) is 0 Å². The van der Waals surface area contributed by atoms with Crippen LogP contribution in [-0.2, 0) is 19.3 Å². The molecule has 0 saturated carbocycles. The minimum absolute atomic E-state index is 0. The van der Waals surface area contributed by atoms with Crippen molar-refractivity contribution in [3.8, 4) is 0 Å². The van der Waals surface area contributed by atoms with E-state index in [2.05, 4.69) is 15.6 Å². The fraction of sp³-hybridized carbons (Fsp3) is 0.353. The summed E-state index contributed by atoms with van der Waals surface area (Å²) in [7, 11) is 0. The van der Waals surface area contributed by atoms with Gasteiger partial charge in [-0.25, -0.2) is 4.99 Å². The lowest BCUT2D eigenvalue weighted by atomic mass is 10.1. The molecule has 0 aliphatic rings. The van der Waals surface area contributed by atoms with Gasteiger partial charge in [-0.15, -0.1) is 24.0 Å². The summed E-state index contributed by atoms with van der Waals surface area (Å²) in [4.78, 5) is 4.40. The molecule has 2 rings (SSSR count). The quantitative estimate of drug-likeness (QED) is 0.386. The molecule has 0 unspecified atom stereocenters. The molecule has 0 aliphatic carbocycles. The number of hydrogen-bond donors (Lipinski definition) is 2. The minimum Gasteiger partial charge on any atom is -0.357 e. The Balaban J connectivity index is 0.00000312. The Bertz CT molecular complexity index is 637. The molecule has 1 aromatic heterocycles. The van der Waals surface area contributed by atoms with E-state index in [9.17, 15) is 13.2 Å². The smallest absolute Gasteiger partial charge is 0.357 e. The summed E-state index contributed by atoms with van der Waals surface area (Å²) < 4.78 is 39.7. The van der Waals surface area contributed by atoms with Crippen molar-refractivity contribution < 1.29 is 13.2 Å². The number of aromatic nitrogens is 1. The number of halogens is 4. The summed E-state index contributed by atoms with van der Waals surface area (Å²) in [6.45, 7) is 4.49. The van der Waals surface area contributed by atoms with Gasteiger partial charge in [-0.1, -0.05) is 12.1 Å². The van der Waals surface area contributed by atoms with Crippen LogP contribution in [0.2, 0.25) is 0 Å². The first-order valence-electron chi connectivity index (χ1n) is 7.78. The third kappa shape index (κ3) is 7.37. The number of alkyl halides is 3. The van der Waals surface area contributed by atoms with E-state index < -0.39 is 11.7 Å². The van der Waals surface area contributed by atoms with Crippen molar-refractivity contribution in [2.45, 2.75) is 26.2 Å². The van der Waals surface area contributed by atoms with Crippen LogP contribution in [-0.4, -0.2) is 23.6 Å². The number of hydrogen-bond acceptors (Lipinski definition) is 1. The molecule has 8 heteroatoms. The minimum atomic E-state index is -4.31. The summed E-state index contributed by atoms with van der Waals surface area (Å²) in [5.41, 5.74) is 0.0811. The zero-order chi connectivity index (χ0) is 17.4. The topological polar surface area (TPSA) is 41.4 Å². The third-order valence-corrected chi connectivity index (χ3v) is 3.37. The second-order valence-electron chi connectivity index (χ2n) is 5.24. The first-order valence-corrected chi connectivity index (χ1v) is 7.78. The molecule has 0 amide bonds. The molecular formula is C17H22F3IN4. The van der Waals surface area contributed by atoms with E-state index in [1.165, 1.54) is 12.1 Å². The van der Waals surface area contributed by atoms with Gasteiger partial charge in [0.15, 0.2) is 5.96 Å². The van der Waals surface area contributed by atoms with Gasteiger partial charge in [-0.05, 0) is 36.8 Å². The van der Waals surface area contributed by atoms with Crippen molar-refractivity contribution in [1.82, 2.24) is 15.2 Å². The Kier molecular flexibility index (Phi) is 8.81. The zero-order valence-corrected chi connectivity index (χ0v) is 16.2. The van der Waals surface area contributed by atoms with E-state index in [0.717, 1.165) is 24.2 Å². The van der Waals surface area contributed by atoms with Crippen LogP contribution >= 0.6 is 24.0 Å². The van der Waals surface area contributed by atoms with Gasteiger partial charge in [0.2, 0.25) is 0 Å². The van der Waals surface area contributed by atoms with E-state index in [-0.39, 0.29) is 24.0 Å². The lowest BCUT2D eigenvalue weighted by molar-refractivity contribution is -0.137. The first kappa shape index (κ1) is 21.3. The number of guanidine groups is 1. The number of nitrogens with zero attached hydrogens (tertiary/aromatic N) is 2.